The maximum absolute atomic E-state index is 12.8. The molecule has 190 valence electrons. The molecular formula is C28H25F3N4O2. The molecule has 37 heavy (non-hydrogen) atoms. The maximum atomic E-state index is 12.8. The lowest BCUT2D eigenvalue weighted by atomic mass is 9.89. The smallest absolute Gasteiger partial charge is 0.322 e. The van der Waals surface area contributed by atoms with Gasteiger partial charge in [0.25, 0.3) is 5.91 Å². The van der Waals surface area contributed by atoms with Crippen molar-refractivity contribution in [2.75, 3.05) is 5.32 Å². The van der Waals surface area contributed by atoms with Gasteiger partial charge in [0.1, 0.15) is 5.78 Å². The maximum Gasteiger partial charge on any atom is 0.416 e. The number of carbonyl (C=O) groups excluding carboxylic acids is 2. The van der Waals surface area contributed by atoms with Crippen molar-refractivity contribution in [1.29, 1.82) is 0 Å². The predicted octanol–water partition coefficient (Wildman–Crippen LogP) is 6.39. The molecule has 2 aromatic carbocycles. The van der Waals surface area contributed by atoms with Crippen molar-refractivity contribution >= 4 is 23.0 Å². The zero-order chi connectivity index (χ0) is 26.3. The van der Waals surface area contributed by atoms with Gasteiger partial charge in [-0.3, -0.25) is 9.59 Å². The normalized spacial score (nSPS) is 15.4. The van der Waals surface area contributed by atoms with Crippen LogP contribution in [0.25, 0.3) is 16.9 Å². The highest BCUT2D eigenvalue weighted by Crippen LogP contribution is 2.36. The van der Waals surface area contributed by atoms with E-state index in [0.29, 0.717) is 17.2 Å². The number of fused-ring (bicyclic) bond motifs is 1. The molecule has 1 aliphatic rings. The number of benzene rings is 2. The summed E-state index contributed by atoms with van der Waals surface area (Å²) in [6.07, 6.45) is -2.51. The van der Waals surface area contributed by atoms with Crippen LogP contribution in [0.4, 0.5) is 18.9 Å². The number of alkyl halides is 3. The van der Waals surface area contributed by atoms with E-state index in [1.807, 2.05) is 44.2 Å². The number of rotatable bonds is 7. The number of aromatic nitrogens is 3. The molecule has 5 rings (SSSR count). The van der Waals surface area contributed by atoms with Crippen LogP contribution in [0, 0.1) is 11.8 Å². The zero-order valence-electron chi connectivity index (χ0n) is 20.3. The third kappa shape index (κ3) is 5.12. The monoisotopic (exact) mass is 506 g/mol. The topological polar surface area (TPSA) is 76.4 Å². The highest BCUT2D eigenvalue weighted by molar-refractivity contribution is 6.04. The van der Waals surface area contributed by atoms with E-state index in [1.54, 1.807) is 16.6 Å². The number of anilines is 1. The van der Waals surface area contributed by atoms with Crippen molar-refractivity contribution in [3.8, 4) is 11.3 Å². The van der Waals surface area contributed by atoms with Crippen LogP contribution >= 0.6 is 0 Å². The molecule has 6 nitrogen and oxygen atoms in total. The van der Waals surface area contributed by atoms with E-state index in [1.165, 1.54) is 0 Å². The Hall–Kier alpha value is -4.01. The van der Waals surface area contributed by atoms with Crippen LogP contribution < -0.4 is 5.32 Å². The second-order valence-corrected chi connectivity index (χ2v) is 9.51. The van der Waals surface area contributed by atoms with Gasteiger partial charge in [0.05, 0.1) is 11.3 Å². The fourth-order valence-corrected chi connectivity index (χ4v) is 4.28. The minimum absolute atomic E-state index is 0.108. The van der Waals surface area contributed by atoms with Gasteiger partial charge in [0.2, 0.25) is 0 Å². The summed E-state index contributed by atoms with van der Waals surface area (Å²) in [5.74, 6) is 0.316. The van der Waals surface area contributed by atoms with E-state index in [-0.39, 0.29) is 29.1 Å². The molecule has 1 fully saturated rings. The zero-order valence-corrected chi connectivity index (χ0v) is 20.3. The van der Waals surface area contributed by atoms with Crippen molar-refractivity contribution in [3.63, 3.8) is 0 Å². The first kappa shape index (κ1) is 24.7. The third-order valence-corrected chi connectivity index (χ3v) is 6.87. The molecule has 2 atom stereocenters. The SMILES string of the molecule is CC(C(=O)C1CC1)C(C)c1nc2cccc(-c3ccc(NC(=O)c4ccc(C(F)(F)F)cc4)cc3)n2n1. The van der Waals surface area contributed by atoms with Gasteiger partial charge in [0.15, 0.2) is 11.5 Å². The number of halogens is 3. The Kier molecular flexibility index (Phi) is 6.31. The van der Waals surface area contributed by atoms with E-state index in [9.17, 15) is 22.8 Å². The molecule has 4 aromatic rings. The van der Waals surface area contributed by atoms with Gasteiger partial charge in [-0.1, -0.05) is 32.0 Å². The minimum Gasteiger partial charge on any atom is -0.322 e. The van der Waals surface area contributed by atoms with Gasteiger partial charge >= 0.3 is 6.18 Å². The average molecular weight is 507 g/mol. The van der Waals surface area contributed by atoms with Gasteiger partial charge < -0.3 is 5.32 Å². The van der Waals surface area contributed by atoms with Crippen molar-refractivity contribution in [1.82, 2.24) is 14.6 Å². The molecule has 2 heterocycles. The second-order valence-electron chi connectivity index (χ2n) is 9.51. The molecular weight excluding hydrogens is 481 g/mol. The van der Waals surface area contributed by atoms with Gasteiger partial charge in [-0.2, -0.15) is 18.3 Å². The molecule has 1 amide bonds. The predicted molar refractivity (Wildman–Crippen MR) is 133 cm³/mol. The van der Waals surface area contributed by atoms with E-state index in [2.05, 4.69) is 10.3 Å². The minimum atomic E-state index is -4.46. The first-order chi connectivity index (χ1) is 17.6. The molecule has 0 bridgehead atoms. The number of amides is 1. The molecule has 0 spiro atoms. The summed E-state index contributed by atoms with van der Waals surface area (Å²) in [6, 6.07) is 16.8. The fourth-order valence-electron chi connectivity index (χ4n) is 4.28. The summed E-state index contributed by atoms with van der Waals surface area (Å²) >= 11 is 0. The van der Waals surface area contributed by atoms with Crippen LogP contribution in [0.5, 0.6) is 0 Å². The Bertz CT molecular complexity index is 1460. The van der Waals surface area contributed by atoms with Crippen LogP contribution in [0.1, 0.15) is 54.4 Å². The van der Waals surface area contributed by atoms with Crippen molar-refractivity contribution in [2.24, 2.45) is 11.8 Å². The summed E-state index contributed by atoms with van der Waals surface area (Å²) in [4.78, 5) is 29.7. The number of hydrogen-bond donors (Lipinski definition) is 1. The van der Waals surface area contributed by atoms with Crippen molar-refractivity contribution in [2.45, 2.75) is 38.8 Å². The van der Waals surface area contributed by atoms with E-state index < -0.39 is 17.6 Å². The highest BCUT2D eigenvalue weighted by atomic mass is 19.4. The van der Waals surface area contributed by atoms with Crippen molar-refractivity contribution < 1.29 is 22.8 Å². The summed E-state index contributed by atoms with van der Waals surface area (Å²) in [5.41, 5.74) is 2.12. The first-order valence-corrected chi connectivity index (χ1v) is 12.1. The largest absolute Gasteiger partial charge is 0.416 e. The van der Waals surface area contributed by atoms with Crippen LogP contribution in [0.2, 0.25) is 0 Å². The van der Waals surface area contributed by atoms with E-state index in [0.717, 1.165) is 48.4 Å². The highest BCUT2D eigenvalue weighted by Gasteiger charge is 2.36. The number of nitrogens with zero attached hydrogens (tertiary/aromatic N) is 3. The Morgan fingerprint density at radius 1 is 0.973 bits per heavy atom. The Labute approximate surface area is 211 Å². The van der Waals surface area contributed by atoms with Crippen molar-refractivity contribution in [3.05, 3.63) is 83.7 Å². The Morgan fingerprint density at radius 2 is 1.65 bits per heavy atom. The summed E-state index contributed by atoms with van der Waals surface area (Å²) in [6.45, 7) is 3.92. The van der Waals surface area contributed by atoms with Crippen LogP contribution in [0.15, 0.2) is 66.7 Å². The summed E-state index contributed by atoms with van der Waals surface area (Å²) < 4.78 is 40.0. The van der Waals surface area contributed by atoms with Gasteiger partial charge in [0, 0.05) is 34.6 Å². The number of Topliss-reactive ketones (excluding diaryl/α,β-unsaturated/α-hetero) is 1. The van der Waals surface area contributed by atoms with E-state index in [4.69, 9.17) is 5.10 Å². The van der Waals surface area contributed by atoms with Gasteiger partial charge in [-0.15, -0.1) is 0 Å². The number of hydrogen-bond acceptors (Lipinski definition) is 4. The quantitative estimate of drug-likeness (QED) is 0.315. The lowest BCUT2D eigenvalue weighted by molar-refractivity contribution is -0.137. The molecule has 1 aliphatic carbocycles. The first-order valence-electron chi connectivity index (χ1n) is 12.1. The van der Waals surface area contributed by atoms with E-state index >= 15 is 0 Å². The molecule has 2 unspecified atom stereocenters. The molecule has 0 aliphatic heterocycles. The standard InChI is InChI=1S/C28H25F3N4O2/c1-16(25(36)19-6-7-19)17(2)26-33-24-5-3-4-23(35(24)34-26)18-10-14-22(15-11-18)32-27(37)20-8-12-21(13-9-20)28(29,30)31/h3-5,8-17,19H,6-7H2,1-2H3,(H,32,37). The molecule has 1 N–H and O–H groups in total. The number of nitrogens with one attached hydrogen (secondary N) is 1. The average Bonchev–Trinajstić information content (AvgIpc) is 3.65. The lowest BCUT2D eigenvalue weighted by Gasteiger charge is -2.15. The van der Waals surface area contributed by atoms with Crippen LogP contribution in [0.3, 0.4) is 0 Å². The molecule has 9 heteroatoms. The van der Waals surface area contributed by atoms with Crippen LogP contribution in [-0.4, -0.2) is 26.3 Å². The lowest BCUT2D eigenvalue weighted by Crippen LogP contribution is -2.20. The van der Waals surface area contributed by atoms with Gasteiger partial charge in [-0.05, 0) is 61.4 Å². The molecule has 2 aromatic heterocycles. The second kappa shape index (κ2) is 9.46. The summed E-state index contributed by atoms with van der Waals surface area (Å²) in [7, 11) is 0. The molecule has 0 saturated heterocycles. The van der Waals surface area contributed by atoms with Gasteiger partial charge in [-0.25, -0.2) is 9.50 Å². The molecule has 0 radical (unpaired) electrons. The number of pyridine rings is 1. The number of ketones is 1. The molecule has 1 saturated carbocycles. The third-order valence-electron chi connectivity index (χ3n) is 6.87. The fraction of sp³-hybridized carbons (Fsp3) is 0.286. The summed E-state index contributed by atoms with van der Waals surface area (Å²) in [5, 5.41) is 7.41. The number of carbonyl (C=O) groups is 2. The Balaban J connectivity index is 1.33. The Morgan fingerprint density at radius 3 is 2.27 bits per heavy atom. The van der Waals surface area contributed by atoms with Crippen LogP contribution in [-0.2, 0) is 11.0 Å².